The summed E-state index contributed by atoms with van der Waals surface area (Å²) < 4.78 is 42.1. The molecule has 0 spiro atoms. The van der Waals surface area contributed by atoms with Crippen molar-refractivity contribution in [1.29, 1.82) is 0 Å². The van der Waals surface area contributed by atoms with Crippen molar-refractivity contribution in [3.05, 3.63) is 90.2 Å². The van der Waals surface area contributed by atoms with Crippen molar-refractivity contribution in [3.8, 4) is 0 Å². The number of nitrogens with zero attached hydrogens (tertiary/aromatic N) is 2. The van der Waals surface area contributed by atoms with Crippen molar-refractivity contribution in [2.45, 2.75) is 37.2 Å². The lowest BCUT2D eigenvalue weighted by Gasteiger charge is -2.32. The number of amides is 3. The quantitative estimate of drug-likeness (QED) is 0.487. The molecule has 3 aromatic carbocycles. The van der Waals surface area contributed by atoms with Gasteiger partial charge >= 0.3 is 0 Å². The van der Waals surface area contributed by atoms with Crippen LogP contribution in [0, 0.1) is 5.82 Å². The minimum atomic E-state index is -4.31. The number of anilines is 2. The lowest BCUT2D eigenvalue weighted by atomic mass is 10.1. The lowest BCUT2D eigenvalue weighted by molar-refractivity contribution is -0.122. The van der Waals surface area contributed by atoms with Gasteiger partial charge in [0.2, 0.25) is 21.8 Å². The van der Waals surface area contributed by atoms with Crippen LogP contribution in [0.4, 0.5) is 15.8 Å². The van der Waals surface area contributed by atoms with Crippen LogP contribution < -0.4 is 10.2 Å². The number of sulfonamides is 1. The highest BCUT2D eigenvalue weighted by molar-refractivity contribution is 7.89. The Hall–Kier alpha value is -3.89. The Labute approximate surface area is 208 Å². The number of hydrogen-bond donors (Lipinski definition) is 1. The van der Waals surface area contributed by atoms with Crippen LogP contribution in [-0.2, 0) is 24.4 Å². The lowest BCUT2D eigenvalue weighted by Crippen LogP contribution is -2.46. The number of carbonyl (C=O) groups is 3. The van der Waals surface area contributed by atoms with Crippen LogP contribution in [0.1, 0.15) is 31.9 Å². The first-order valence-electron chi connectivity index (χ1n) is 11.2. The zero-order valence-corrected chi connectivity index (χ0v) is 20.4. The number of nitrogens with one attached hydrogen (secondary N) is 1. The zero-order chi connectivity index (χ0) is 26.0. The van der Waals surface area contributed by atoms with Crippen molar-refractivity contribution in [3.63, 3.8) is 0 Å². The van der Waals surface area contributed by atoms with Gasteiger partial charge in [-0.3, -0.25) is 14.4 Å². The fourth-order valence-corrected chi connectivity index (χ4v) is 6.00. The van der Waals surface area contributed by atoms with Gasteiger partial charge in [-0.25, -0.2) is 17.7 Å². The molecule has 0 radical (unpaired) electrons. The van der Waals surface area contributed by atoms with E-state index in [4.69, 9.17) is 0 Å². The second-order valence-corrected chi connectivity index (χ2v) is 10.2. The first kappa shape index (κ1) is 25.2. The van der Waals surface area contributed by atoms with Crippen LogP contribution in [-0.4, -0.2) is 36.5 Å². The van der Waals surface area contributed by atoms with Gasteiger partial charge < -0.3 is 5.32 Å². The fraction of sp³-hybridized carbons (Fsp3) is 0.192. The molecule has 36 heavy (non-hydrogen) atoms. The predicted molar refractivity (Wildman–Crippen MR) is 132 cm³/mol. The molecule has 10 heteroatoms. The Morgan fingerprint density at radius 3 is 2.19 bits per heavy atom. The van der Waals surface area contributed by atoms with Gasteiger partial charge in [-0.15, -0.1) is 0 Å². The molecule has 0 saturated carbocycles. The fourth-order valence-electron chi connectivity index (χ4n) is 4.24. The van der Waals surface area contributed by atoms with Crippen LogP contribution in [0.2, 0.25) is 0 Å². The second-order valence-electron chi connectivity index (χ2n) is 8.39. The largest absolute Gasteiger partial charge is 0.326 e. The van der Waals surface area contributed by atoms with Gasteiger partial charge in [-0.2, -0.15) is 4.31 Å². The van der Waals surface area contributed by atoms with E-state index in [0.717, 1.165) is 33.5 Å². The van der Waals surface area contributed by atoms with Crippen molar-refractivity contribution in [1.82, 2.24) is 4.31 Å². The summed E-state index contributed by atoms with van der Waals surface area (Å²) in [6, 6.07) is 17.1. The third-order valence-electron chi connectivity index (χ3n) is 5.93. The van der Waals surface area contributed by atoms with Gasteiger partial charge in [-0.05, 0) is 61.0 Å². The first-order valence-corrected chi connectivity index (χ1v) is 12.6. The molecule has 0 aliphatic carbocycles. The normalized spacial score (nSPS) is 16.9. The van der Waals surface area contributed by atoms with E-state index < -0.39 is 39.7 Å². The molecule has 4 rings (SSSR count). The molecular weight excluding hydrogens is 485 g/mol. The van der Waals surface area contributed by atoms with E-state index in [1.54, 1.807) is 49.4 Å². The van der Waals surface area contributed by atoms with Gasteiger partial charge in [0, 0.05) is 18.7 Å². The molecule has 1 aliphatic rings. The van der Waals surface area contributed by atoms with Crippen LogP contribution in [0.15, 0.2) is 83.8 Å². The highest BCUT2D eigenvalue weighted by atomic mass is 32.2. The van der Waals surface area contributed by atoms with Gasteiger partial charge in [-0.1, -0.05) is 30.3 Å². The average Bonchev–Trinajstić information content (AvgIpc) is 3.13. The summed E-state index contributed by atoms with van der Waals surface area (Å²) in [5, 5.41) is 2.61. The molecule has 3 amide bonds. The van der Waals surface area contributed by atoms with Crippen LogP contribution in [0.5, 0.6) is 0 Å². The van der Waals surface area contributed by atoms with E-state index in [1.807, 2.05) is 0 Å². The number of carbonyl (C=O) groups excluding carboxylic acids is 3. The SMILES string of the molecule is CC(=O)Nc1ccc(N2C(=O)CC(N(C(C)c3ccccc3)S(=O)(=O)c3ccc(F)cc3)C2=O)cc1. The molecule has 1 heterocycles. The molecule has 1 N–H and O–H groups in total. The minimum Gasteiger partial charge on any atom is -0.326 e. The maximum Gasteiger partial charge on any atom is 0.252 e. The second kappa shape index (κ2) is 10.00. The number of benzene rings is 3. The number of halogens is 1. The Morgan fingerprint density at radius 2 is 1.61 bits per heavy atom. The molecule has 1 saturated heterocycles. The van der Waals surface area contributed by atoms with Crippen molar-refractivity contribution in [2.24, 2.45) is 0 Å². The monoisotopic (exact) mass is 509 g/mol. The summed E-state index contributed by atoms with van der Waals surface area (Å²) in [7, 11) is -4.31. The molecule has 1 fully saturated rings. The first-order chi connectivity index (χ1) is 17.1. The van der Waals surface area contributed by atoms with Gasteiger partial charge in [0.05, 0.1) is 17.0 Å². The molecule has 0 bridgehead atoms. The summed E-state index contributed by atoms with van der Waals surface area (Å²) in [5.41, 5.74) is 1.37. The van der Waals surface area contributed by atoms with Crippen molar-refractivity contribution >= 4 is 39.1 Å². The van der Waals surface area contributed by atoms with E-state index in [1.165, 1.54) is 19.1 Å². The number of imide groups is 1. The molecule has 1 aliphatic heterocycles. The summed E-state index contributed by atoms with van der Waals surface area (Å²) in [4.78, 5) is 38.6. The highest BCUT2D eigenvalue weighted by Crippen LogP contribution is 2.36. The Bertz CT molecular complexity index is 1390. The van der Waals surface area contributed by atoms with Crippen LogP contribution in [0.3, 0.4) is 0 Å². The predicted octanol–water partition coefficient (Wildman–Crippen LogP) is 3.87. The third kappa shape index (κ3) is 4.91. The topological polar surface area (TPSA) is 104 Å². The number of rotatable bonds is 7. The zero-order valence-electron chi connectivity index (χ0n) is 19.6. The van der Waals surface area contributed by atoms with E-state index in [9.17, 15) is 27.2 Å². The Balaban J connectivity index is 1.74. The van der Waals surface area contributed by atoms with Crippen LogP contribution in [0.25, 0.3) is 0 Å². The van der Waals surface area contributed by atoms with Crippen LogP contribution >= 0.6 is 0 Å². The molecule has 0 aromatic heterocycles. The van der Waals surface area contributed by atoms with Crippen molar-refractivity contribution in [2.75, 3.05) is 10.2 Å². The number of hydrogen-bond acceptors (Lipinski definition) is 5. The van der Waals surface area contributed by atoms with Gasteiger partial charge in [0.25, 0.3) is 5.91 Å². The molecule has 186 valence electrons. The Morgan fingerprint density at radius 1 is 1.00 bits per heavy atom. The Kier molecular flexibility index (Phi) is 7.00. The van der Waals surface area contributed by atoms with Crippen molar-refractivity contribution < 1.29 is 27.2 Å². The van der Waals surface area contributed by atoms with E-state index >= 15 is 0 Å². The molecule has 8 nitrogen and oxygen atoms in total. The van der Waals surface area contributed by atoms with Gasteiger partial charge in [0.15, 0.2) is 0 Å². The standard InChI is InChI=1S/C26H24FN3O5S/c1-17(19-6-4-3-5-7-19)30(36(34,35)23-14-8-20(27)9-15-23)24-16-25(32)29(26(24)33)22-12-10-21(11-13-22)28-18(2)31/h3-15,17,24H,16H2,1-2H3,(H,28,31). The average molecular weight is 510 g/mol. The summed E-state index contributed by atoms with van der Waals surface area (Å²) >= 11 is 0. The molecule has 3 aromatic rings. The van der Waals surface area contributed by atoms with E-state index in [-0.39, 0.29) is 22.9 Å². The smallest absolute Gasteiger partial charge is 0.252 e. The summed E-state index contributed by atoms with van der Waals surface area (Å²) in [6.45, 7) is 3.00. The molecule has 2 unspecified atom stereocenters. The highest BCUT2D eigenvalue weighted by Gasteiger charge is 2.48. The maximum atomic E-state index is 13.8. The van der Waals surface area contributed by atoms with E-state index in [0.29, 0.717) is 11.3 Å². The molecular formula is C26H24FN3O5S. The maximum absolute atomic E-state index is 13.8. The molecule has 2 atom stereocenters. The third-order valence-corrected chi connectivity index (χ3v) is 7.92. The summed E-state index contributed by atoms with van der Waals surface area (Å²) in [6.07, 6.45) is -0.357. The van der Waals surface area contributed by atoms with E-state index in [2.05, 4.69) is 5.32 Å². The summed E-state index contributed by atoms with van der Waals surface area (Å²) in [5.74, 6) is -2.12. The minimum absolute atomic E-state index is 0.190. The van der Waals surface area contributed by atoms with Gasteiger partial charge in [0.1, 0.15) is 11.9 Å².